The van der Waals surface area contributed by atoms with Crippen molar-refractivity contribution >= 4 is 34.7 Å². The molecule has 0 radical (unpaired) electrons. The van der Waals surface area contributed by atoms with Gasteiger partial charge in [0, 0.05) is 64.8 Å². The Hall–Kier alpha value is -3.99. The summed E-state index contributed by atoms with van der Waals surface area (Å²) in [6.07, 6.45) is 7.18. The van der Waals surface area contributed by atoms with E-state index in [4.69, 9.17) is 15.0 Å². The highest BCUT2D eigenvalue weighted by molar-refractivity contribution is 5.85. The number of hydrogen-bond donors (Lipinski definition) is 2. The van der Waals surface area contributed by atoms with Crippen molar-refractivity contribution in [1.29, 1.82) is 0 Å². The van der Waals surface area contributed by atoms with Crippen molar-refractivity contribution in [2.45, 2.75) is 44.8 Å². The Morgan fingerprint density at radius 1 is 1.03 bits per heavy atom. The largest absolute Gasteiger partial charge is 0.365 e. The molecule has 2 N–H and O–H groups in total. The first-order chi connectivity index (χ1) is 18.6. The summed E-state index contributed by atoms with van der Waals surface area (Å²) in [7, 11) is 1.88. The number of carbonyl (C=O) groups is 1. The molecule has 0 atom stereocenters. The quantitative estimate of drug-likeness (QED) is 0.351. The van der Waals surface area contributed by atoms with Crippen LogP contribution in [0.3, 0.4) is 0 Å². The molecule has 1 amide bonds. The molecule has 0 unspecified atom stereocenters. The second kappa shape index (κ2) is 10.8. The number of rotatable bonds is 9. The number of carbonyl (C=O) groups excluding carboxylic acids is 1. The zero-order chi connectivity index (χ0) is 25.9. The SMILES string of the molecule is Cn1nccc1Nc1nc(NC2CCN(Cc3ccccc3)CC2)c2ncn(CCN3CCCC3=O)c2n1. The maximum Gasteiger partial charge on any atom is 0.232 e. The summed E-state index contributed by atoms with van der Waals surface area (Å²) in [6.45, 7) is 5.15. The van der Waals surface area contributed by atoms with Crippen molar-refractivity contribution < 1.29 is 4.79 Å². The Bertz CT molecular complexity index is 1390. The lowest BCUT2D eigenvalue weighted by molar-refractivity contribution is -0.127. The van der Waals surface area contributed by atoms with E-state index in [0.717, 1.165) is 68.2 Å². The number of aromatic nitrogens is 6. The lowest BCUT2D eigenvalue weighted by Crippen LogP contribution is -2.38. The van der Waals surface area contributed by atoms with Crippen LogP contribution in [-0.4, -0.2) is 77.2 Å². The van der Waals surface area contributed by atoms with E-state index < -0.39 is 0 Å². The van der Waals surface area contributed by atoms with E-state index in [0.29, 0.717) is 31.5 Å². The molecule has 11 heteroatoms. The van der Waals surface area contributed by atoms with E-state index in [9.17, 15) is 4.79 Å². The first-order valence-electron chi connectivity index (χ1n) is 13.4. The van der Waals surface area contributed by atoms with Gasteiger partial charge in [-0.3, -0.25) is 14.4 Å². The molecule has 0 saturated carbocycles. The van der Waals surface area contributed by atoms with Gasteiger partial charge >= 0.3 is 0 Å². The van der Waals surface area contributed by atoms with E-state index in [1.54, 1.807) is 17.2 Å². The molecular formula is C27H34N10O. The molecule has 2 aliphatic heterocycles. The predicted molar refractivity (Wildman–Crippen MR) is 146 cm³/mol. The van der Waals surface area contributed by atoms with Gasteiger partial charge in [0.15, 0.2) is 17.0 Å². The van der Waals surface area contributed by atoms with Gasteiger partial charge in [-0.25, -0.2) is 4.98 Å². The van der Waals surface area contributed by atoms with Crippen LogP contribution in [0, 0.1) is 0 Å². The molecule has 6 rings (SSSR count). The topological polar surface area (TPSA) is 109 Å². The Labute approximate surface area is 221 Å². The molecule has 198 valence electrons. The van der Waals surface area contributed by atoms with Crippen LogP contribution >= 0.6 is 0 Å². The molecule has 2 saturated heterocycles. The highest BCUT2D eigenvalue weighted by Gasteiger charge is 2.23. The Balaban J connectivity index is 1.20. The number of imidazole rings is 1. The van der Waals surface area contributed by atoms with Gasteiger partial charge in [0.1, 0.15) is 5.82 Å². The number of nitrogens with zero attached hydrogens (tertiary/aromatic N) is 8. The average molecular weight is 515 g/mol. The fraction of sp³-hybridized carbons (Fsp3) is 0.444. The Morgan fingerprint density at radius 3 is 2.61 bits per heavy atom. The molecular weight excluding hydrogens is 480 g/mol. The van der Waals surface area contributed by atoms with E-state index in [-0.39, 0.29) is 5.91 Å². The van der Waals surface area contributed by atoms with E-state index in [2.05, 4.69) is 51.0 Å². The second-order valence-corrected chi connectivity index (χ2v) is 10.1. The first-order valence-corrected chi connectivity index (χ1v) is 13.4. The van der Waals surface area contributed by atoms with Crippen LogP contribution in [0.1, 0.15) is 31.2 Å². The van der Waals surface area contributed by atoms with E-state index >= 15 is 0 Å². The van der Waals surface area contributed by atoms with Gasteiger partial charge in [0.05, 0.1) is 12.5 Å². The van der Waals surface area contributed by atoms with Crippen molar-refractivity contribution in [3.63, 3.8) is 0 Å². The number of hydrogen-bond acceptors (Lipinski definition) is 8. The molecule has 2 aliphatic rings. The monoisotopic (exact) mass is 514 g/mol. The molecule has 0 aliphatic carbocycles. The standard InChI is InChI=1S/C27H34N10O/c1-34-22(9-12-29-34)31-27-32-25(30-21-10-14-35(15-11-21)18-20-6-3-2-4-7-20)24-26(33-27)37(19-28-24)17-16-36-13-5-8-23(36)38/h2-4,6-7,9,12,19,21H,5,8,10-11,13-18H2,1H3,(H2,30,31,32,33). The summed E-state index contributed by atoms with van der Waals surface area (Å²) < 4.78 is 3.77. The predicted octanol–water partition coefficient (Wildman–Crippen LogP) is 3.00. The summed E-state index contributed by atoms with van der Waals surface area (Å²) in [5.41, 5.74) is 2.85. The van der Waals surface area contributed by atoms with Crippen molar-refractivity contribution in [2.24, 2.45) is 7.05 Å². The first kappa shape index (κ1) is 24.4. The molecule has 38 heavy (non-hydrogen) atoms. The third kappa shape index (κ3) is 5.33. The summed E-state index contributed by atoms with van der Waals surface area (Å²) >= 11 is 0. The zero-order valence-corrected chi connectivity index (χ0v) is 21.8. The minimum absolute atomic E-state index is 0.226. The molecule has 4 aromatic rings. The van der Waals surface area contributed by atoms with Crippen molar-refractivity contribution in [1.82, 2.24) is 39.1 Å². The summed E-state index contributed by atoms with van der Waals surface area (Å²) in [5, 5.41) is 11.2. The maximum atomic E-state index is 12.1. The number of likely N-dealkylation sites (tertiary alicyclic amines) is 2. The van der Waals surface area contributed by atoms with Gasteiger partial charge in [-0.2, -0.15) is 15.1 Å². The molecule has 0 bridgehead atoms. The van der Waals surface area contributed by atoms with Gasteiger partial charge in [-0.05, 0) is 24.8 Å². The third-order valence-electron chi connectivity index (χ3n) is 7.48. The van der Waals surface area contributed by atoms with Crippen LogP contribution in [0.5, 0.6) is 0 Å². The molecule has 11 nitrogen and oxygen atoms in total. The van der Waals surface area contributed by atoms with Crippen LogP contribution in [-0.2, 0) is 24.9 Å². The molecule has 2 fully saturated rings. The normalized spacial score (nSPS) is 17.0. The summed E-state index contributed by atoms with van der Waals surface area (Å²) in [6, 6.07) is 12.8. The van der Waals surface area contributed by atoms with Crippen LogP contribution in [0.2, 0.25) is 0 Å². The van der Waals surface area contributed by atoms with Crippen molar-refractivity contribution in [3.05, 3.63) is 54.5 Å². The molecule has 3 aromatic heterocycles. The van der Waals surface area contributed by atoms with Gasteiger partial charge in [-0.15, -0.1) is 0 Å². The van der Waals surface area contributed by atoms with Crippen molar-refractivity contribution in [2.75, 3.05) is 36.8 Å². The number of piperidine rings is 1. The van der Waals surface area contributed by atoms with Crippen LogP contribution < -0.4 is 10.6 Å². The lowest BCUT2D eigenvalue weighted by atomic mass is 10.0. The number of anilines is 3. The molecule has 0 spiro atoms. The number of nitrogens with one attached hydrogen (secondary N) is 2. The van der Waals surface area contributed by atoms with Crippen LogP contribution in [0.25, 0.3) is 11.2 Å². The third-order valence-corrected chi connectivity index (χ3v) is 7.48. The van der Waals surface area contributed by atoms with E-state index in [1.165, 1.54) is 5.56 Å². The van der Waals surface area contributed by atoms with Gasteiger partial charge in [0.2, 0.25) is 11.9 Å². The zero-order valence-electron chi connectivity index (χ0n) is 21.8. The van der Waals surface area contributed by atoms with Gasteiger partial charge in [-0.1, -0.05) is 30.3 Å². The Kier molecular flexibility index (Phi) is 6.91. The summed E-state index contributed by atoms with van der Waals surface area (Å²) in [4.78, 5) is 30.9. The van der Waals surface area contributed by atoms with Gasteiger partial charge < -0.3 is 20.1 Å². The van der Waals surface area contributed by atoms with E-state index in [1.807, 2.05) is 22.6 Å². The lowest BCUT2D eigenvalue weighted by Gasteiger charge is -2.32. The Morgan fingerprint density at radius 2 is 1.87 bits per heavy atom. The number of benzene rings is 1. The minimum Gasteiger partial charge on any atom is -0.365 e. The number of amides is 1. The van der Waals surface area contributed by atoms with Crippen molar-refractivity contribution in [3.8, 4) is 0 Å². The average Bonchev–Trinajstić information content (AvgIpc) is 3.65. The number of fused-ring (bicyclic) bond motifs is 1. The fourth-order valence-electron chi connectivity index (χ4n) is 5.31. The fourth-order valence-corrected chi connectivity index (χ4v) is 5.31. The highest BCUT2D eigenvalue weighted by atomic mass is 16.2. The van der Waals surface area contributed by atoms with Crippen LogP contribution in [0.4, 0.5) is 17.6 Å². The van der Waals surface area contributed by atoms with Gasteiger partial charge in [0.25, 0.3) is 0 Å². The summed E-state index contributed by atoms with van der Waals surface area (Å²) in [5.74, 6) is 2.25. The smallest absolute Gasteiger partial charge is 0.232 e. The number of aryl methyl sites for hydroxylation is 1. The maximum absolute atomic E-state index is 12.1. The second-order valence-electron chi connectivity index (χ2n) is 10.1. The van der Waals surface area contributed by atoms with Crippen LogP contribution in [0.15, 0.2) is 48.9 Å². The molecule has 5 heterocycles. The highest BCUT2D eigenvalue weighted by Crippen LogP contribution is 2.26. The minimum atomic E-state index is 0.226. The molecule has 1 aromatic carbocycles.